The van der Waals surface area contributed by atoms with E-state index in [1.165, 1.54) is 21.5 Å². The van der Waals surface area contributed by atoms with Crippen molar-refractivity contribution in [1.82, 2.24) is 0 Å². The van der Waals surface area contributed by atoms with Crippen LogP contribution in [0.1, 0.15) is 11.1 Å². The minimum absolute atomic E-state index is 0.0460. The number of hydrogen-bond donors (Lipinski definition) is 1. The van der Waals surface area contributed by atoms with Crippen molar-refractivity contribution in [1.29, 1.82) is 0 Å². The number of hydrogen-bond acceptors (Lipinski definition) is 1. The van der Waals surface area contributed by atoms with Crippen LogP contribution in [0.5, 0.6) is 0 Å². The zero-order chi connectivity index (χ0) is 20.8. The molecule has 0 saturated heterocycles. The van der Waals surface area contributed by atoms with Gasteiger partial charge in [-0.15, -0.1) is 0 Å². The quantitative estimate of drug-likeness (QED) is 0.453. The number of carbonyl (C=O) groups is 1. The molecule has 0 atom stereocenters. The molecule has 2 nitrogen and oxygen atoms in total. The van der Waals surface area contributed by atoms with Crippen LogP contribution in [0.25, 0.3) is 0 Å². The molecule has 0 aromatic heterocycles. The van der Waals surface area contributed by atoms with Gasteiger partial charge in [-0.05, 0) is 0 Å². The van der Waals surface area contributed by atoms with E-state index in [1.54, 1.807) is 0 Å². The Morgan fingerprint density at radius 2 is 1.03 bits per heavy atom. The van der Waals surface area contributed by atoms with Crippen molar-refractivity contribution in [2.75, 3.05) is 0 Å². The summed E-state index contributed by atoms with van der Waals surface area (Å²) in [6, 6.07) is 40.4. The van der Waals surface area contributed by atoms with Crippen LogP contribution in [-0.4, -0.2) is 11.1 Å². The second kappa shape index (κ2) is 9.07. The van der Waals surface area contributed by atoms with Crippen LogP contribution < -0.4 is 15.9 Å². The molecule has 150 valence electrons. The van der Waals surface area contributed by atoms with E-state index in [0.717, 1.165) is 11.7 Å². The number of aliphatic carboxylic acids is 1. The van der Waals surface area contributed by atoms with Gasteiger partial charge in [0, 0.05) is 0 Å². The van der Waals surface area contributed by atoms with Gasteiger partial charge in [-0.2, -0.15) is 0 Å². The Balaban J connectivity index is 1.93. The van der Waals surface area contributed by atoms with E-state index >= 15 is 0 Å². The fourth-order valence-corrected chi connectivity index (χ4v) is 9.03. The van der Waals surface area contributed by atoms with E-state index in [9.17, 15) is 9.90 Å². The first-order valence-electron chi connectivity index (χ1n) is 10.1. The average Bonchev–Trinajstić information content (AvgIpc) is 2.79. The van der Waals surface area contributed by atoms with Gasteiger partial charge in [-0.1, -0.05) is 0 Å². The van der Waals surface area contributed by atoms with Crippen LogP contribution in [-0.2, 0) is 17.4 Å². The Morgan fingerprint density at radius 1 is 0.600 bits per heavy atom. The summed E-state index contributed by atoms with van der Waals surface area (Å²) in [4.78, 5) is 11.2. The molecule has 0 radical (unpaired) electrons. The maximum atomic E-state index is 11.2. The topological polar surface area (TPSA) is 37.3 Å². The molecule has 0 amide bonds. The molecule has 0 saturated carbocycles. The van der Waals surface area contributed by atoms with Crippen molar-refractivity contribution < 1.29 is 9.90 Å². The number of benzene rings is 4. The van der Waals surface area contributed by atoms with E-state index in [2.05, 4.69) is 103 Å². The number of carboxylic acid groups (broad SMARTS) is 1. The van der Waals surface area contributed by atoms with E-state index in [4.69, 9.17) is 0 Å². The van der Waals surface area contributed by atoms with E-state index < -0.39 is 13.2 Å². The first-order chi connectivity index (χ1) is 14.7. The molecule has 1 N–H and O–H groups in total. The van der Waals surface area contributed by atoms with Crippen molar-refractivity contribution in [3.8, 4) is 0 Å². The van der Waals surface area contributed by atoms with Crippen LogP contribution in [0.15, 0.2) is 115 Å². The predicted octanol–water partition coefficient (Wildman–Crippen LogP) is 4.54. The fourth-order valence-electron chi connectivity index (χ4n) is 4.30. The van der Waals surface area contributed by atoms with Crippen molar-refractivity contribution >= 4 is 29.1 Å². The van der Waals surface area contributed by atoms with Crippen molar-refractivity contribution in [2.24, 2.45) is 0 Å². The van der Waals surface area contributed by atoms with Crippen molar-refractivity contribution in [3.05, 3.63) is 126 Å². The molecule has 0 fully saturated rings. The van der Waals surface area contributed by atoms with Gasteiger partial charge in [-0.3, -0.25) is 0 Å². The fraction of sp³-hybridized carbons (Fsp3) is 0.0741. The summed E-state index contributed by atoms with van der Waals surface area (Å²) < 4.78 is 0. The molecular formula is C27H25O2P. The molecule has 3 heteroatoms. The summed E-state index contributed by atoms with van der Waals surface area (Å²) in [6.45, 7) is 0. The zero-order valence-electron chi connectivity index (χ0n) is 16.7. The Morgan fingerprint density at radius 3 is 1.47 bits per heavy atom. The van der Waals surface area contributed by atoms with E-state index in [0.29, 0.717) is 0 Å². The molecule has 0 aliphatic heterocycles. The Hall–Kier alpha value is -3.22. The van der Waals surface area contributed by atoms with Crippen LogP contribution in [0.2, 0.25) is 0 Å². The molecule has 0 bridgehead atoms. The molecule has 0 aliphatic rings. The van der Waals surface area contributed by atoms with Crippen LogP contribution in [0, 0.1) is 0 Å². The van der Waals surface area contributed by atoms with Crippen molar-refractivity contribution in [3.63, 3.8) is 0 Å². The molecule has 0 unspecified atom stereocenters. The SMILES string of the molecule is O=C(O)Cc1cccc(C[PH](c2ccccc2)(c2ccccc2)c2ccccc2)c1. The summed E-state index contributed by atoms with van der Waals surface area (Å²) in [6.07, 6.45) is 0.920. The maximum absolute atomic E-state index is 11.2. The second-order valence-electron chi connectivity index (χ2n) is 7.57. The van der Waals surface area contributed by atoms with E-state index in [1.807, 2.05) is 12.1 Å². The molecular weight excluding hydrogens is 387 g/mol. The van der Waals surface area contributed by atoms with Gasteiger partial charge in [0.2, 0.25) is 0 Å². The van der Waals surface area contributed by atoms with Gasteiger partial charge in [0.05, 0.1) is 0 Å². The molecule has 0 aliphatic carbocycles. The predicted molar refractivity (Wildman–Crippen MR) is 128 cm³/mol. The Kier molecular flexibility index (Phi) is 6.07. The Bertz CT molecular complexity index is 1010. The van der Waals surface area contributed by atoms with E-state index in [-0.39, 0.29) is 6.42 Å². The first-order valence-corrected chi connectivity index (χ1v) is 12.4. The summed E-state index contributed by atoms with van der Waals surface area (Å²) in [5.41, 5.74) is 2.02. The van der Waals surface area contributed by atoms with Crippen LogP contribution in [0.3, 0.4) is 0 Å². The number of rotatable bonds is 7. The van der Waals surface area contributed by atoms with Gasteiger partial charge >= 0.3 is 178 Å². The molecule has 4 aromatic rings. The normalized spacial score (nSPS) is 11.7. The van der Waals surface area contributed by atoms with Crippen LogP contribution in [0.4, 0.5) is 0 Å². The van der Waals surface area contributed by atoms with Crippen molar-refractivity contribution in [2.45, 2.75) is 12.6 Å². The average molecular weight is 412 g/mol. The third-order valence-corrected chi connectivity index (χ3v) is 10.5. The van der Waals surface area contributed by atoms with Gasteiger partial charge in [0.25, 0.3) is 0 Å². The minimum atomic E-state index is -2.37. The first kappa shape index (κ1) is 20.1. The molecule has 4 rings (SSSR count). The van der Waals surface area contributed by atoms with Gasteiger partial charge in [0.1, 0.15) is 0 Å². The third-order valence-electron chi connectivity index (χ3n) is 5.62. The van der Waals surface area contributed by atoms with Gasteiger partial charge < -0.3 is 0 Å². The van der Waals surface area contributed by atoms with Gasteiger partial charge in [0.15, 0.2) is 0 Å². The molecule has 4 aromatic carbocycles. The third kappa shape index (κ3) is 4.20. The standard InChI is InChI=1S/C27H25O2P/c28-27(29)20-22-11-10-12-23(19-22)21-30(24-13-4-1-5-14-24,25-15-6-2-7-16-25)26-17-8-3-9-18-26/h1-19,30H,20-21H2,(H,28,29). The molecule has 0 spiro atoms. The summed E-state index contributed by atoms with van der Waals surface area (Å²) in [5.74, 6) is -0.801. The Labute approximate surface area is 178 Å². The second-order valence-corrected chi connectivity index (χ2v) is 11.5. The molecule has 30 heavy (non-hydrogen) atoms. The monoisotopic (exact) mass is 412 g/mol. The van der Waals surface area contributed by atoms with Gasteiger partial charge in [-0.25, -0.2) is 0 Å². The summed E-state index contributed by atoms with van der Waals surface area (Å²) >= 11 is 0. The summed E-state index contributed by atoms with van der Waals surface area (Å²) in [7, 11) is -2.37. The number of carboxylic acids is 1. The zero-order valence-corrected chi connectivity index (χ0v) is 17.7. The molecule has 0 heterocycles. The van der Waals surface area contributed by atoms with Crippen LogP contribution >= 0.6 is 7.26 Å². The summed E-state index contributed by atoms with van der Waals surface area (Å²) in [5, 5.41) is 13.3.